The number of nitrogens with zero attached hydrogens (tertiary/aromatic N) is 1. The molecule has 8 unspecified atom stereocenters. The Labute approximate surface area is 167 Å². The third-order valence-corrected chi connectivity index (χ3v) is 6.84. The molecular weight excluding hydrogens is 364 g/mol. The van der Waals surface area contributed by atoms with Crippen LogP contribution in [-0.4, -0.2) is 54.7 Å². The number of hydrogen-bond donors (Lipinski definition) is 3. The van der Waals surface area contributed by atoms with Gasteiger partial charge in [0.05, 0.1) is 24.1 Å². The summed E-state index contributed by atoms with van der Waals surface area (Å²) in [5, 5.41) is 20.4. The van der Waals surface area contributed by atoms with Crippen LogP contribution >= 0.6 is 11.6 Å². The van der Waals surface area contributed by atoms with Crippen LogP contribution in [-0.2, 0) is 9.53 Å². The lowest BCUT2D eigenvalue weighted by molar-refractivity contribution is -0.122. The maximum absolute atomic E-state index is 11.7. The average Bonchev–Trinajstić information content (AvgIpc) is 2.62. The number of rotatable bonds is 5. The Morgan fingerprint density at radius 2 is 2.15 bits per heavy atom. The zero-order valence-electron chi connectivity index (χ0n) is 16.4. The number of fused-ring (bicyclic) bond motifs is 1. The van der Waals surface area contributed by atoms with Crippen LogP contribution in [0.1, 0.15) is 52.4 Å². The first kappa shape index (κ1) is 20.9. The summed E-state index contributed by atoms with van der Waals surface area (Å²) in [6.07, 6.45) is 6.03. The summed E-state index contributed by atoms with van der Waals surface area (Å²) in [7, 11) is 0. The van der Waals surface area contributed by atoms with E-state index in [1.54, 1.807) is 6.92 Å². The Balaban J connectivity index is 1.74. The lowest BCUT2D eigenvalue weighted by Gasteiger charge is -2.50. The molecule has 2 saturated carbocycles. The van der Waals surface area contributed by atoms with E-state index in [1.165, 1.54) is 0 Å². The van der Waals surface area contributed by atoms with E-state index in [9.17, 15) is 10.1 Å². The topological polar surface area (TPSA) is 86.2 Å². The predicted molar refractivity (Wildman–Crippen MR) is 105 cm³/mol. The minimum Gasteiger partial charge on any atom is -0.376 e. The van der Waals surface area contributed by atoms with Gasteiger partial charge in [0.2, 0.25) is 5.91 Å². The quantitative estimate of drug-likeness (QED) is 0.618. The number of nitrogens with one attached hydrogen (secondary N) is 3. The van der Waals surface area contributed by atoms with Crippen LogP contribution in [0.25, 0.3) is 0 Å². The number of alkyl halides is 1. The fourth-order valence-electron chi connectivity index (χ4n) is 5.26. The molecule has 3 rings (SSSR count). The number of piperidine rings is 1. The molecule has 1 amide bonds. The van der Waals surface area contributed by atoms with Crippen LogP contribution in [0.15, 0.2) is 0 Å². The molecule has 3 fully saturated rings. The molecule has 0 aromatic rings. The number of nitriles is 1. The molecule has 2 aliphatic carbocycles. The lowest BCUT2D eigenvalue weighted by atomic mass is 9.69. The van der Waals surface area contributed by atoms with Gasteiger partial charge in [0.15, 0.2) is 0 Å². The molecule has 1 saturated heterocycles. The van der Waals surface area contributed by atoms with E-state index >= 15 is 0 Å². The molecule has 0 aromatic heterocycles. The fourth-order valence-corrected chi connectivity index (χ4v) is 5.63. The summed E-state index contributed by atoms with van der Waals surface area (Å²) in [6, 6.07) is 3.32. The molecule has 27 heavy (non-hydrogen) atoms. The molecule has 1 heterocycles. The van der Waals surface area contributed by atoms with Gasteiger partial charge in [0, 0.05) is 43.6 Å². The third-order valence-electron chi connectivity index (χ3n) is 6.45. The molecule has 7 heteroatoms. The fraction of sp³-hybridized carbons (Fsp3) is 0.900. The number of halogens is 1. The van der Waals surface area contributed by atoms with Gasteiger partial charge in [0.25, 0.3) is 0 Å². The molecule has 1 aliphatic heterocycles. The van der Waals surface area contributed by atoms with Crippen molar-refractivity contribution in [2.24, 2.45) is 11.8 Å². The second-order valence-electron chi connectivity index (χ2n) is 8.34. The van der Waals surface area contributed by atoms with Crippen LogP contribution < -0.4 is 16.0 Å². The maximum atomic E-state index is 11.7. The average molecular weight is 397 g/mol. The van der Waals surface area contributed by atoms with Gasteiger partial charge in [-0.2, -0.15) is 5.26 Å². The molecule has 0 aromatic carbocycles. The van der Waals surface area contributed by atoms with Gasteiger partial charge in [-0.3, -0.25) is 4.79 Å². The molecule has 0 radical (unpaired) electrons. The summed E-state index contributed by atoms with van der Waals surface area (Å²) in [5.41, 5.74) is 0. The van der Waals surface area contributed by atoms with Crippen molar-refractivity contribution < 1.29 is 9.53 Å². The van der Waals surface area contributed by atoms with Crippen molar-refractivity contribution in [1.82, 2.24) is 16.0 Å². The van der Waals surface area contributed by atoms with Gasteiger partial charge in [-0.1, -0.05) is 6.42 Å². The molecule has 0 spiro atoms. The molecule has 0 bridgehead atoms. The minimum atomic E-state index is -0.0661. The van der Waals surface area contributed by atoms with Crippen LogP contribution in [0.2, 0.25) is 0 Å². The zero-order valence-corrected chi connectivity index (χ0v) is 17.2. The van der Waals surface area contributed by atoms with E-state index in [0.717, 1.165) is 38.5 Å². The SMILES string of the molecule is CCOC1CC2NCC(C#N)C(NC3CCCC(Cl)C3)C2CC1NC(C)=O. The summed E-state index contributed by atoms with van der Waals surface area (Å²) in [4.78, 5) is 11.7. The first-order chi connectivity index (χ1) is 13.0. The minimum absolute atomic E-state index is 0.000579. The highest BCUT2D eigenvalue weighted by Crippen LogP contribution is 2.36. The lowest BCUT2D eigenvalue weighted by Crippen LogP contribution is -2.66. The molecule has 3 aliphatic rings. The van der Waals surface area contributed by atoms with Crippen molar-refractivity contribution >= 4 is 17.5 Å². The maximum Gasteiger partial charge on any atom is 0.217 e. The Kier molecular flexibility index (Phi) is 7.38. The largest absolute Gasteiger partial charge is 0.376 e. The van der Waals surface area contributed by atoms with Gasteiger partial charge in [0.1, 0.15) is 0 Å². The second kappa shape index (κ2) is 9.56. The van der Waals surface area contributed by atoms with Crippen molar-refractivity contribution in [1.29, 1.82) is 5.26 Å². The van der Waals surface area contributed by atoms with Crippen molar-refractivity contribution in [2.45, 2.75) is 88.0 Å². The Morgan fingerprint density at radius 1 is 1.33 bits per heavy atom. The van der Waals surface area contributed by atoms with Gasteiger partial charge in [-0.25, -0.2) is 0 Å². The number of carbonyl (C=O) groups is 1. The van der Waals surface area contributed by atoms with Gasteiger partial charge in [-0.15, -0.1) is 11.6 Å². The Hall–Kier alpha value is -0.870. The van der Waals surface area contributed by atoms with Crippen LogP contribution in [0.4, 0.5) is 0 Å². The van der Waals surface area contributed by atoms with Crippen molar-refractivity contribution in [3.8, 4) is 6.07 Å². The molecule has 3 N–H and O–H groups in total. The van der Waals surface area contributed by atoms with Crippen molar-refractivity contribution in [3.05, 3.63) is 0 Å². The van der Waals surface area contributed by atoms with E-state index in [4.69, 9.17) is 16.3 Å². The highest BCUT2D eigenvalue weighted by molar-refractivity contribution is 6.20. The van der Waals surface area contributed by atoms with E-state index in [2.05, 4.69) is 22.0 Å². The summed E-state index contributed by atoms with van der Waals surface area (Å²) < 4.78 is 5.94. The zero-order chi connectivity index (χ0) is 19.4. The van der Waals surface area contributed by atoms with Crippen LogP contribution in [0.3, 0.4) is 0 Å². The van der Waals surface area contributed by atoms with Gasteiger partial charge in [-0.05, 0) is 44.9 Å². The normalized spacial score (nSPS) is 42.0. The number of hydrogen-bond acceptors (Lipinski definition) is 5. The monoisotopic (exact) mass is 396 g/mol. The number of carbonyl (C=O) groups excluding carboxylic acids is 1. The second-order valence-corrected chi connectivity index (χ2v) is 8.96. The highest BCUT2D eigenvalue weighted by atomic mass is 35.5. The first-order valence-corrected chi connectivity index (χ1v) is 10.9. The number of amides is 1. The molecule has 6 nitrogen and oxygen atoms in total. The summed E-state index contributed by atoms with van der Waals surface area (Å²) >= 11 is 6.39. The number of ether oxygens (including phenoxy) is 1. The van der Waals surface area contributed by atoms with Crippen LogP contribution in [0, 0.1) is 23.2 Å². The van der Waals surface area contributed by atoms with Gasteiger partial charge < -0.3 is 20.7 Å². The Morgan fingerprint density at radius 3 is 2.81 bits per heavy atom. The smallest absolute Gasteiger partial charge is 0.217 e. The van der Waals surface area contributed by atoms with E-state index in [1.807, 2.05) is 6.92 Å². The van der Waals surface area contributed by atoms with E-state index in [-0.39, 0.29) is 35.4 Å². The van der Waals surface area contributed by atoms with Crippen molar-refractivity contribution in [3.63, 3.8) is 0 Å². The van der Waals surface area contributed by atoms with E-state index in [0.29, 0.717) is 31.2 Å². The summed E-state index contributed by atoms with van der Waals surface area (Å²) in [6.45, 7) is 4.90. The molecule has 152 valence electrons. The summed E-state index contributed by atoms with van der Waals surface area (Å²) in [5.74, 6) is 0.210. The Bertz CT molecular complexity index is 555. The van der Waals surface area contributed by atoms with E-state index < -0.39 is 0 Å². The molecule has 8 atom stereocenters. The standard InChI is InChI=1S/C20H33ClN4O2/c1-3-27-19-9-17-16(8-18(19)24-12(2)26)20(13(10-22)11-23-17)25-15-6-4-5-14(21)7-15/h13-20,23,25H,3-9,11H2,1-2H3,(H,24,26). The highest BCUT2D eigenvalue weighted by Gasteiger charge is 2.47. The first-order valence-electron chi connectivity index (χ1n) is 10.4. The van der Waals surface area contributed by atoms with Crippen molar-refractivity contribution in [2.75, 3.05) is 13.2 Å². The molecular formula is C20H33ClN4O2. The predicted octanol–water partition coefficient (Wildman–Crippen LogP) is 1.93. The third kappa shape index (κ3) is 5.14. The van der Waals surface area contributed by atoms with Gasteiger partial charge >= 0.3 is 0 Å². The van der Waals surface area contributed by atoms with Crippen LogP contribution in [0.5, 0.6) is 0 Å².